The van der Waals surface area contributed by atoms with E-state index >= 15 is 0 Å². The topological polar surface area (TPSA) is 59.6 Å². The molecule has 150 valence electrons. The summed E-state index contributed by atoms with van der Waals surface area (Å²) in [5, 5.41) is 6.29. The lowest BCUT2D eigenvalue weighted by Crippen LogP contribution is -2.35. The van der Waals surface area contributed by atoms with Crippen LogP contribution in [0.25, 0.3) is 0 Å². The van der Waals surface area contributed by atoms with Crippen LogP contribution < -0.4 is 20.1 Å². The van der Waals surface area contributed by atoms with Crippen molar-refractivity contribution in [3.8, 4) is 11.5 Å². The van der Waals surface area contributed by atoms with Crippen LogP contribution in [-0.2, 0) is 4.79 Å². The van der Waals surface area contributed by atoms with Crippen LogP contribution in [0.15, 0.2) is 78.9 Å². The summed E-state index contributed by atoms with van der Waals surface area (Å²) in [5.74, 6) is 1.28. The van der Waals surface area contributed by atoms with E-state index in [4.69, 9.17) is 9.47 Å². The first-order valence-electron chi connectivity index (χ1n) is 9.59. The quantitative estimate of drug-likeness (QED) is 0.533. The minimum absolute atomic E-state index is 0.153. The van der Waals surface area contributed by atoms with Crippen molar-refractivity contribution in [3.63, 3.8) is 0 Å². The van der Waals surface area contributed by atoms with Crippen LogP contribution in [-0.4, -0.2) is 26.2 Å². The number of nitrogens with one attached hydrogen (secondary N) is 2. The van der Waals surface area contributed by atoms with Crippen LogP contribution in [0.5, 0.6) is 11.5 Å². The van der Waals surface area contributed by atoms with Gasteiger partial charge in [0.1, 0.15) is 24.1 Å². The highest BCUT2D eigenvalue weighted by Crippen LogP contribution is 2.26. The van der Waals surface area contributed by atoms with E-state index in [-0.39, 0.29) is 5.91 Å². The molecule has 3 aromatic carbocycles. The Balaban J connectivity index is 1.68. The van der Waals surface area contributed by atoms with Gasteiger partial charge in [0.2, 0.25) is 5.91 Å². The second-order valence-corrected chi connectivity index (χ2v) is 6.65. The van der Waals surface area contributed by atoms with E-state index in [1.165, 1.54) is 0 Å². The summed E-state index contributed by atoms with van der Waals surface area (Å²) in [6, 6.07) is 24.4. The maximum Gasteiger partial charge on any atom is 0.246 e. The monoisotopic (exact) mass is 390 g/mol. The van der Waals surface area contributed by atoms with Gasteiger partial charge in [-0.3, -0.25) is 10.1 Å². The zero-order chi connectivity index (χ0) is 20.5. The molecule has 0 fully saturated rings. The molecule has 5 nitrogen and oxygen atoms in total. The number of carbonyl (C=O) groups excluding carboxylic acids is 1. The maximum atomic E-state index is 13.1. The van der Waals surface area contributed by atoms with Gasteiger partial charge in [-0.15, -0.1) is 0 Å². The number of hydrogen-bond acceptors (Lipinski definition) is 4. The number of rotatable bonds is 9. The van der Waals surface area contributed by atoms with Crippen LogP contribution in [0.4, 0.5) is 5.69 Å². The van der Waals surface area contributed by atoms with Gasteiger partial charge in [0.15, 0.2) is 0 Å². The van der Waals surface area contributed by atoms with Crippen molar-refractivity contribution in [1.82, 2.24) is 5.32 Å². The second kappa shape index (κ2) is 10.3. The fourth-order valence-corrected chi connectivity index (χ4v) is 3.02. The van der Waals surface area contributed by atoms with Gasteiger partial charge in [0.05, 0.1) is 12.8 Å². The van der Waals surface area contributed by atoms with Crippen LogP contribution in [0.3, 0.4) is 0 Å². The van der Waals surface area contributed by atoms with Gasteiger partial charge in [0, 0.05) is 6.54 Å². The van der Waals surface area contributed by atoms with E-state index in [1.54, 1.807) is 7.11 Å². The number of amides is 1. The van der Waals surface area contributed by atoms with Gasteiger partial charge in [-0.05, 0) is 42.3 Å². The molecule has 2 N–H and O–H groups in total. The van der Waals surface area contributed by atoms with Gasteiger partial charge in [-0.1, -0.05) is 54.6 Å². The standard InChI is InChI=1S/C24H26N2O3/c1-18-13-14-22(28-2)21(17-18)26-24(27)23(19-9-5-3-6-10-19)25-15-16-29-20-11-7-4-8-12-20/h3-14,17,23,25H,15-16H2,1-2H3,(H,26,27)/t23-/m0/s1. The zero-order valence-corrected chi connectivity index (χ0v) is 16.7. The highest BCUT2D eigenvalue weighted by atomic mass is 16.5. The van der Waals surface area contributed by atoms with Crippen molar-refractivity contribution in [2.45, 2.75) is 13.0 Å². The van der Waals surface area contributed by atoms with Gasteiger partial charge in [-0.2, -0.15) is 0 Å². The third-order valence-corrected chi connectivity index (χ3v) is 4.47. The molecule has 0 radical (unpaired) electrons. The van der Waals surface area contributed by atoms with E-state index in [1.807, 2.05) is 85.8 Å². The van der Waals surface area contributed by atoms with Crippen molar-refractivity contribution in [2.24, 2.45) is 0 Å². The molecule has 3 rings (SSSR count). The Morgan fingerprint density at radius 2 is 1.66 bits per heavy atom. The zero-order valence-electron chi connectivity index (χ0n) is 16.7. The van der Waals surface area contributed by atoms with Gasteiger partial charge >= 0.3 is 0 Å². The smallest absolute Gasteiger partial charge is 0.246 e. The Bertz CT molecular complexity index is 914. The van der Waals surface area contributed by atoms with Crippen molar-refractivity contribution in [3.05, 3.63) is 90.0 Å². The predicted octanol–water partition coefficient (Wildman–Crippen LogP) is 4.35. The molecule has 0 bridgehead atoms. The summed E-state index contributed by atoms with van der Waals surface area (Å²) in [6.07, 6.45) is 0. The Morgan fingerprint density at radius 1 is 0.966 bits per heavy atom. The molecule has 0 saturated heterocycles. The molecular weight excluding hydrogens is 364 g/mol. The summed E-state index contributed by atoms with van der Waals surface area (Å²) in [7, 11) is 1.59. The van der Waals surface area contributed by atoms with Gasteiger partial charge in [-0.25, -0.2) is 0 Å². The Kier molecular flexibility index (Phi) is 7.25. The summed E-state index contributed by atoms with van der Waals surface area (Å²) in [4.78, 5) is 13.1. The minimum atomic E-state index is -0.513. The minimum Gasteiger partial charge on any atom is -0.495 e. The van der Waals surface area contributed by atoms with Crippen LogP contribution in [0.1, 0.15) is 17.2 Å². The summed E-state index contributed by atoms with van der Waals surface area (Å²) in [6.45, 7) is 2.95. The number of benzene rings is 3. The third-order valence-electron chi connectivity index (χ3n) is 4.47. The van der Waals surface area contributed by atoms with Crippen molar-refractivity contribution >= 4 is 11.6 Å². The summed E-state index contributed by atoms with van der Waals surface area (Å²) < 4.78 is 11.1. The first kappa shape index (κ1) is 20.4. The number of ether oxygens (including phenoxy) is 2. The normalized spacial score (nSPS) is 11.5. The number of hydrogen-bond donors (Lipinski definition) is 2. The Hall–Kier alpha value is -3.31. The molecule has 1 amide bonds. The van der Waals surface area contributed by atoms with Crippen molar-refractivity contribution < 1.29 is 14.3 Å². The lowest BCUT2D eigenvalue weighted by atomic mass is 10.1. The molecule has 3 aromatic rings. The molecule has 0 aliphatic carbocycles. The van der Waals surface area contributed by atoms with E-state index < -0.39 is 6.04 Å². The first-order valence-corrected chi connectivity index (χ1v) is 9.59. The molecule has 0 unspecified atom stereocenters. The highest BCUT2D eigenvalue weighted by molar-refractivity contribution is 5.96. The molecule has 29 heavy (non-hydrogen) atoms. The first-order chi connectivity index (χ1) is 14.2. The van der Waals surface area contributed by atoms with Crippen molar-refractivity contribution in [2.75, 3.05) is 25.6 Å². The molecule has 0 aliphatic heterocycles. The number of anilines is 1. The molecular formula is C24H26N2O3. The highest BCUT2D eigenvalue weighted by Gasteiger charge is 2.21. The lowest BCUT2D eigenvalue weighted by molar-refractivity contribution is -0.118. The number of methoxy groups -OCH3 is 1. The molecule has 0 aromatic heterocycles. The van der Waals surface area contributed by atoms with Gasteiger partial charge in [0.25, 0.3) is 0 Å². The lowest BCUT2D eigenvalue weighted by Gasteiger charge is -2.20. The molecule has 1 atom stereocenters. The van der Waals surface area contributed by atoms with Crippen molar-refractivity contribution in [1.29, 1.82) is 0 Å². The summed E-state index contributed by atoms with van der Waals surface area (Å²) >= 11 is 0. The molecule has 0 aliphatic rings. The molecule has 0 saturated carbocycles. The largest absolute Gasteiger partial charge is 0.495 e. The van der Waals surface area contributed by atoms with Crippen LogP contribution in [0.2, 0.25) is 0 Å². The van der Waals surface area contributed by atoms with E-state index in [2.05, 4.69) is 10.6 Å². The number of para-hydroxylation sites is 1. The Morgan fingerprint density at radius 3 is 2.34 bits per heavy atom. The van der Waals surface area contributed by atoms with Gasteiger partial charge < -0.3 is 14.8 Å². The molecule has 0 heterocycles. The second-order valence-electron chi connectivity index (χ2n) is 6.65. The van der Waals surface area contributed by atoms with E-state index in [9.17, 15) is 4.79 Å². The fourth-order valence-electron chi connectivity index (χ4n) is 3.02. The fraction of sp³-hybridized carbons (Fsp3) is 0.208. The average molecular weight is 390 g/mol. The molecule has 0 spiro atoms. The van der Waals surface area contributed by atoms with Crippen LogP contribution in [0, 0.1) is 6.92 Å². The average Bonchev–Trinajstić information content (AvgIpc) is 2.75. The van der Waals surface area contributed by atoms with E-state index in [0.717, 1.165) is 16.9 Å². The predicted molar refractivity (Wildman–Crippen MR) is 115 cm³/mol. The number of aryl methyl sites for hydroxylation is 1. The number of carbonyl (C=O) groups is 1. The van der Waals surface area contributed by atoms with E-state index in [0.29, 0.717) is 24.6 Å². The maximum absolute atomic E-state index is 13.1. The Labute approximate surface area is 171 Å². The summed E-state index contributed by atoms with van der Waals surface area (Å²) in [5.41, 5.74) is 2.58. The van der Waals surface area contributed by atoms with Crippen LogP contribution >= 0.6 is 0 Å². The third kappa shape index (κ3) is 5.83. The SMILES string of the molecule is COc1ccc(C)cc1NC(=O)[C@@H](NCCOc1ccccc1)c1ccccc1. The molecule has 5 heteroatoms.